The largest absolute Gasteiger partial charge is 0.444 e. The van der Waals surface area contributed by atoms with Crippen molar-refractivity contribution in [1.29, 1.82) is 0 Å². The van der Waals surface area contributed by atoms with E-state index in [2.05, 4.69) is 53.5 Å². The molecule has 0 aliphatic carbocycles. The molecule has 4 atom stereocenters. The van der Waals surface area contributed by atoms with Gasteiger partial charge in [-0.25, -0.2) is 14.6 Å². The predicted octanol–water partition coefficient (Wildman–Crippen LogP) is 9.37. The number of aromatic amines is 1. The summed E-state index contributed by atoms with van der Waals surface area (Å²) in [6, 6.07) is 15.2. The number of hydrogen-bond donors (Lipinski definition) is 1. The summed E-state index contributed by atoms with van der Waals surface area (Å²) in [7, 11) is 3.29. The van der Waals surface area contributed by atoms with Gasteiger partial charge in [-0.15, -0.1) is 0 Å². The highest BCUT2D eigenvalue weighted by Gasteiger charge is 2.42. The highest BCUT2D eigenvalue weighted by Crippen LogP contribution is 2.35. The van der Waals surface area contributed by atoms with E-state index in [1.165, 1.54) is 9.80 Å². The Hall–Kier alpha value is -5.46. The van der Waals surface area contributed by atoms with E-state index < -0.39 is 35.5 Å². The number of carbonyl (C=O) groups excluding carboxylic acids is 4. The predicted molar refractivity (Wildman–Crippen MR) is 243 cm³/mol. The average Bonchev–Trinajstić information content (AvgIpc) is 4.03. The molecule has 6 rings (SSSR count). The SMILES string of the molecule is CC(C)[C@@H](C(=O)N1CCCC1c1ncc(-c2ccc(-c3ccc(C4=CN=C([C@@H]5CCCN5C(=O)[C@H](C(C)C)N(C)C(=O)OC(C)(C)C)C4)cc3)cc2)[nH]1)N(C)C(=O)OC(C)(C)C. The minimum Gasteiger partial charge on any atom is -0.444 e. The van der Waals surface area contributed by atoms with E-state index in [1.807, 2.05) is 91.4 Å². The van der Waals surface area contributed by atoms with Crippen LogP contribution in [0, 0.1) is 11.8 Å². The van der Waals surface area contributed by atoms with Gasteiger partial charge in [-0.05, 0) is 107 Å². The van der Waals surface area contributed by atoms with Gasteiger partial charge in [0.05, 0.1) is 24.0 Å². The zero-order valence-electron chi connectivity index (χ0n) is 38.8. The quantitative estimate of drug-likeness (QED) is 0.203. The van der Waals surface area contributed by atoms with E-state index in [4.69, 9.17) is 19.5 Å². The summed E-state index contributed by atoms with van der Waals surface area (Å²) in [5.41, 5.74) is 5.88. The number of rotatable bonds is 11. The van der Waals surface area contributed by atoms with E-state index in [1.54, 1.807) is 14.1 Å². The van der Waals surface area contributed by atoms with Crippen LogP contribution < -0.4 is 0 Å². The van der Waals surface area contributed by atoms with Crippen LogP contribution in [0.3, 0.4) is 0 Å². The number of amides is 4. The van der Waals surface area contributed by atoms with Crippen LogP contribution in [0.4, 0.5) is 9.59 Å². The van der Waals surface area contributed by atoms with Crippen LogP contribution in [0.5, 0.6) is 0 Å². The number of nitrogens with one attached hydrogen (secondary N) is 1. The van der Waals surface area contributed by atoms with E-state index in [0.29, 0.717) is 19.5 Å². The maximum absolute atomic E-state index is 14.1. The van der Waals surface area contributed by atoms with Crippen molar-refractivity contribution in [3.05, 3.63) is 72.3 Å². The van der Waals surface area contributed by atoms with E-state index in [9.17, 15) is 19.2 Å². The number of likely N-dealkylation sites (tertiary alicyclic amines) is 2. The van der Waals surface area contributed by atoms with Gasteiger partial charge in [0, 0.05) is 45.5 Å². The zero-order valence-corrected chi connectivity index (χ0v) is 38.8. The molecule has 0 bridgehead atoms. The number of H-pyrrole nitrogens is 1. The van der Waals surface area contributed by atoms with Crippen molar-refractivity contribution in [3.63, 3.8) is 0 Å². The number of allylic oxidation sites excluding steroid dienone is 1. The van der Waals surface area contributed by atoms with Crippen molar-refractivity contribution in [2.24, 2.45) is 16.8 Å². The molecule has 13 nitrogen and oxygen atoms in total. The Morgan fingerprint density at radius 1 is 0.677 bits per heavy atom. The summed E-state index contributed by atoms with van der Waals surface area (Å²) in [6.45, 7) is 20.0. The van der Waals surface area contributed by atoms with Gasteiger partial charge in [0.2, 0.25) is 11.8 Å². The lowest BCUT2D eigenvalue weighted by Gasteiger charge is -2.36. The number of hydrogen-bond acceptors (Lipinski definition) is 8. The Bertz CT molecular complexity index is 2160. The molecule has 3 aliphatic rings. The van der Waals surface area contributed by atoms with Crippen molar-refractivity contribution in [1.82, 2.24) is 29.6 Å². The highest BCUT2D eigenvalue weighted by atomic mass is 16.6. The van der Waals surface area contributed by atoms with Crippen molar-refractivity contribution in [2.75, 3.05) is 27.2 Å². The molecule has 2 saturated heterocycles. The van der Waals surface area contributed by atoms with Gasteiger partial charge in [0.25, 0.3) is 0 Å². The molecule has 1 aromatic heterocycles. The van der Waals surface area contributed by atoms with Crippen LogP contribution in [0.25, 0.3) is 28.0 Å². The molecule has 3 aliphatic heterocycles. The maximum Gasteiger partial charge on any atom is 0.410 e. The Morgan fingerprint density at radius 3 is 1.58 bits per heavy atom. The summed E-state index contributed by atoms with van der Waals surface area (Å²) >= 11 is 0. The van der Waals surface area contributed by atoms with Gasteiger partial charge in [0.15, 0.2) is 0 Å². The van der Waals surface area contributed by atoms with Crippen LogP contribution >= 0.6 is 0 Å². The van der Waals surface area contributed by atoms with Crippen molar-refractivity contribution in [3.8, 4) is 22.4 Å². The molecule has 0 saturated carbocycles. The molecule has 1 unspecified atom stereocenters. The maximum atomic E-state index is 14.1. The molecule has 2 fully saturated rings. The molecule has 334 valence electrons. The molecule has 3 aromatic rings. The standard InChI is InChI=1S/C49H67N7O6/c1-30(2)41(53(11)46(59)61-48(5,6)7)44(57)55-25-13-15-39(55)37-27-36(28-50-37)34-19-17-32(18-20-34)33-21-23-35(24-22-33)38-29-51-43(52-38)40-16-14-26-56(40)45(58)42(31(3)4)54(12)47(60)62-49(8,9)10/h17-24,28-31,39-42H,13-16,25-27H2,1-12H3,(H,51,52)/t39-,40?,41-,42-/m0/s1. The fourth-order valence-corrected chi connectivity index (χ4v) is 8.92. The third-order valence-corrected chi connectivity index (χ3v) is 11.9. The molecule has 2 aromatic carbocycles. The fourth-order valence-electron chi connectivity index (χ4n) is 8.92. The number of imidazole rings is 1. The van der Waals surface area contributed by atoms with E-state index >= 15 is 0 Å². The Morgan fingerprint density at radius 2 is 1.11 bits per heavy atom. The first-order valence-corrected chi connectivity index (χ1v) is 22.2. The summed E-state index contributed by atoms with van der Waals surface area (Å²) in [5.74, 6) is 0.367. The molecule has 62 heavy (non-hydrogen) atoms. The van der Waals surface area contributed by atoms with Crippen LogP contribution in [0.2, 0.25) is 0 Å². The molecular formula is C49H67N7O6. The third kappa shape index (κ3) is 10.4. The number of aliphatic imine (C=N–C) groups is 1. The molecule has 0 radical (unpaired) electrons. The Balaban J connectivity index is 1.07. The minimum absolute atomic E-state index is 0.0657. The van der Waals surface area contributed by atoms with Gasteiger partial charge in [-0.1, -0.05) is 76.2 Å². The Labute approximate surface area is 367 Å². The summed E-state index contributed by atoms with van der Waals surface area (Å²) in [4.78, 5) is 73.8. The van der Waals surface area contributed by atoms with Crippen LogP contribution in [-0.2, 0) is 19.1 Å². The smallest absolute Gasteiger partial charge is 0.410 e. The highest BCUT2D eigenvalue weighted by molar-refractivity contribution is 6.04. The first-order valence-electron chi connectivity index (χ1n) is 22.2. The normalized spacial score (nSPS) is 19.1. The first-order chi connectivity index (χ1) is 29.1. The fraction of sp³-hybridized carbons (Fsp3) is 0.551. The monoisotopic (exact) mass is 850 g/mol. The molecule has 1 N–H and O–H groups in total. The zero-order chi connectivity index (χ0) is 45.3. The van der Waals surface area contributed by atoms with Gasteiger partial charge < -0.3 is 24.3 Å². The van der Waals surface area contributed by atoms with Gasteiger partial charge >= 0.3 is 12.2 Å². The number of carbonyl (C=O) groups is 4. The van der Waals surface area contributed by atoms with Crippen LogP contribution in [-0.4, -0.2) is 116 Å². The first kappa shape index (κ1) is 46.1. The second-order valence-electron chi connectivity index (χ2n) is 19.7. The van der Waals surface area contributed by atoms with Crippen LogP contribution in [0.15, 0.2) is 65.9 Å². The second kappa shape index (κ2) is 18.5. The van der Waals surface area contributed by atoms with E-state index in [0.717, 1.165) is 70.7 Å². The second-order valence-corrected chi connectivity index (χ2v) is 19.7. The van der Waals surface area contributed by atoms with Gasteiger partial charge in [-0.3, -0.25) is 24.4 Å². The van der Waals surface area contributed by atoms with Gasteiger partial charge in [0.1, 0.15) is 29.1 Å². The third-order valence-electron chi connectivity index (χ3n) is 11.9. The minimum atomic E-state index is -0.664. The van der Waals surface area contributed by atoms with E-state index in [-0.39, 0.29) is 35.7 Å². The van der Waals surface area contributed by atoms with Crippen LogP contribution in [0.1, 0.15) is 119 Å². The Kier molecular flexibility index (Phi) is 13.7. The number of benzene rings is 2. The van der Waals surface area contributed by atoms with Gasteiger partial charge in [-0.2, -0.15) is 0 Å². The summed E-state index contributed by atoms with van der Waals surface area (Å²) in [5, 5.41) is 0. The number of nitrogens with zero attached hydrogens (tertiary/aromatic N) is 6. The lowest BCUT2D eigenvalue weighted by atomic mass is 9.95. The molecule has 4 heterocycles. The lowest BCUT2D eigenvalue weighted by Crippen LogP contribution is -2.54. The molecule has 4 amide bonds. The topological polar surface area (TPSA) is 141 Å². The molecule has 0 spiro atoms. The van der Waals surface area contributed by atoms with Crippen molar-refractivity contribution < 1.29 is 28.7 Å². The van der Waals surface area contributed by atoms with Crippen molar-refractivity contribution >= 4 is 35.3 Å². The summed E-state index contributed by atoms with van der Waals surface area (Å²) in [6.07, 6.45) is 6.76. The molecule has 13 heteroatoms. The number of aromatic nitrogens is 2. The average molecular weight is 850 g/mol. The number of likely N-dealkylation sites (N-methyl/N-ethyl adjacent to an activating group) is 2. The lowest BCUT2D eigenvalue weighted by molar-refractivity contribution is -0.139. The molecular weight excluding hydrogens is 783 g/mol. The van der Waals surface area contributed by atoms with Crippen molar-refractivity contribution in [2.45, 2.75) is 137 Å². The summed E-state index contributed by atoms with van der Waals surface area (Å²) < 4.78 is 11.2. The number of ether oxygens (including phenoxy) is 2.